The first-order chi connectivity index (χ1) is 9.77. The Morgan fingerprint density at radius 2 is 2.24 bits per heavy atom. The van der Waals surface area contributed by atoms with Gasteiger partial charge in [0.25, 0.3) is 0 Å². The van der Waals surface area contributed by atoms with Crippen LogP contribution in [0.5, 0.6) is 0 Å². The van der Waals surface area contributed by atoms with Crippen molar-refractivity contribution in [1.29, 1.82) is 0 Å². The van der Waals surface area contributed by atoms with Gasteiger partial charge in [-0.3, -0.25) is 4.79 Å². The Balaban J connectivity index is 1.98. The first kappa shape index (κ1) is 15.9. The monoisotopic (exact) mass is 312 g/mol. The largest absolute Gasteiger partial charge is 0.479 e. The summed E-state index contributed by atoms with van der Waals surface area (Å²) in [7, 11) is 0. The number of carbonyl (C=O) groups excluding carboxylic acids is 1. The Hall–Kier alpha value is -1.47. The quantitative estimate of drug-likeness (QED) is 0.910. The maximum atomic E-state index is 12.2. The number of carbonyl (C=O) groups is 2. The summed E-state index contributed by atoms with van der Waals surface area (Å²) in [6.07, 6.45) is -0.720. The standard InChI is InChI=1S/C14H20N2O4S/c1-14(2,3)13-15-9(8-21-13)6-11(17)16-4-5-20-10(7-16)12(18)19/h8,10H,4-7H2,1-3H3,(H,18,19). The fourth-order valence-corrected chi connectivity index (χ4v) is 2.93. The summed E-state index contributed by atoms with van der Waals surface area (Å²) in [5.41, 5.74) is 0.715. The molecule has 6 nitrogen and oxygen atoms in total. The van der Waals surface area contributed by atoms with Gasteiger partial charge in [0.15, 0.2) is 6.10 Å². The minimum Gasteiger partial charge on any atom is -0.479 e. The number of carboxylic acid groups (broad SMARTS) is 1. The number of carboxylic acids is 1. The highest BCUT2D eigenvalue weighted by molar-refractivity contribution is 7.09. The van der Waals surface area contributed by atoms with Crippen LogP contribution in [-0.2, 0) is 26.2 Å². The lowest BCUT2D eigenvalue weighted by atomic mass is 9.98. The van der Waals surface area contributed by atoms with Gasteiger partial charge in [-0.1, -0.05) is 20.8 Å². The molecule has 2 heterocycles. The molecule has 1 aromatic rings. The molecule has 116 valence electrons. The highest BCUT2D eigenvalue weighted by Gasteiger charge is 2.29. The van der Waals surface area contributed by atoms with E-state index in [1.54, 1.807) is 16.2 Å². The molecular formula is C14H20N2O4S. The first-order valence-electron chi connectivity index (χ1n) is 6.84. The van der Waals surface area contributed by atoms with Crippen LogP contribution in [0.2, 0.25) is 0 Å². The maximum absolute atomic E-state index is 12.2. The van der Waals surface area contributed by atoms with Crippen molar-refractivity contribution < 1.29 is 19.4 Å². The fourth-order valence-electron chi connectivity index (χ4n) is 2.02. The fraction of sp³-hybridized carbons (Fsp3) is 0.643. The summed E-state index contributed by atoms with van der Waals surface area (Å²) in [5, 5.41) is 11.8. The van der Waals surface area contributed by atoms with Gasteiger partial charge in [0.1, 0.15) is 0 Å². The second-order valence-electron chi connectivity index (χ2n) is 6.11. The van der Waals surface area contributed by atoms with Crippen molar-refractivity contribution in [3.63, 3.8) is 0 Å². The molecule has 0 saturated carbocycles. The van der Waals surface area contributed by atoms with Gasteiger partial charge in [-0.15, -0.1) is 11.3 Å². The number of rotatable bonds is 3. The number of amides is 1. The van der Waals surface area contributed by atoms with E-state index in [2.05, 4.69) is 25.8 Å². The highest BCUT2D eigenvalue weighted by Crippen LogP contribution is 2.25. The molecule has 1 aliphatic heterocycles. The summed E-state index contributed by atoms with van der Waals surface area (Å²) in [5.74, 6) is -1.13. The molecule has 21 heavy (non-hydrogen) atoms. The lowest BCUT2D eigenvalue weighted by Gasteiger charge is -2.30. The summed E-state index contributed by atoms with van der Waals surface area (Å²) in [6, 6.07) is 0. The predicted octanol–water partition coefficient (Wildman–Crippen LogP) is 1.30. The molecule has 1 atom stereocenters. The molecule has 1 unspecified atom stereocenters. The van der Waals surface area contributed by atoms with Gasteiger partial charge in [0.2, 0.25) is 5.91 Å². The Morgan fingerprint density at radius 1 is 1.52 bits per heavy atom. The van der Waals surface area contributed by atoms with E-state index >= 15 is 0 Å². The van der Waals surface area contributed by atoms with Crippen LogP contribution in [0.25, 0.3) is 0 Å². The van der Waals surface area contributed by atoms with E-state index in [-0.39, 0.29) is 30.9 Å². The third-order valence-electron chi connectivity index (χ3n) is 3.22. The molecule has 0 bridgehead atoms. The third-order valence-corrected chi connectivity index (χ3v) is 4.54. The van der Waals surface area contributed by atoms with Crippen molar-refractivity contribution in [2.45, 2.75) is 38.7 Å². The van der Waals surface area contributed by atoms with Gasteiger partial charge in [0, 0.05) is 17.3 Å². The molecule has 1 N–H and O–H groups in total. The van der Waals surface area contributed by atoms with E-state index in [1.165, 1.54) is 0 Å². The Labute approximate surface area is 127 Å². The first-order valence-corrected chi connectivity index (χ1v) is 7.72. The number of hydrogen-bond acceptors (Lipinski definition) is 5. The van der Waals surface area contributed by atoms with Crippen molar-refractivity contribution in [2.75, 3.05) is 19.7 Å². The second kappa shape index (κ2) is 6.11. The van der Waals surface area contributed by atoms with Crippen LogP contribution < -0.4 is 0 Å². The molecule has 0 radical (unpaired) electrons. The number of hydrogen-bond donors (Lipinski definition) is 1. The number of aromatic nitrogens is 1. The van der Waals surface area contributed by atoms with Crippen molar-refractivity contribution in [2.24, 2.45) is 0 Å². The van der Waals surface area contributed by atoms with Gasteiger partial charge in [0.05, 0.1) is 30.3 Å². The van der Waals surface area contributed by atoms with Crippen LogP contribution in [0.4, 0.5) is 0 Å². The lowest BCUT2D eigenvalue weighted by Crippen LogP contribution is -2.49. The van der Waals surface area contributed by atoms with Crippen molar-refractivity contribution >= 4 is 23.2 Å². The van der Waals surface area contributed by atoms with Crippen LogP contribution in [0, 0.1) is 0 Å². The predicted molar refractivity (Wildman–Crippen MR) is 78.5 cm³/mol. The molecule has 0 spiro atoms. The second-order valence-corrected chi connectivity index (χ2v) is 6.97. The number of nitrogens with zero attached hydrogens (tertiary/aromatic N) is 2. The normalized spacial score (nSPS) is 19.6. The zero-order valence-corrected chi connectivity index (χ0v) is 13.3. The van der Waals surface area contributed by atoms with Gasteiger partial charge in [-0.05, 0) is 0 Å². The maximum Gasteiger partial charge on any atom is 0.334 e. The van der Waals surface area contributed by atoms with E-state index in [1.807, 2.05) is 5.38 Å². The molecule has 1 amide bonds. The van der Waals surface area contributed by atoms with E-state index < -0.39 is 12.1 Å². The van der Waals surface area contributed by atoms with Crippen LogP contribution in [0.15, 0.2) is 5.38 Å². The molecule has 7 heteroatoms. The number of morpholine rings is 1. The summed E-state index contributed by atoms with van der Waals surface area (Å²) in [4.78, 5) is 29.2. The smallest absolute Gasteiger partial charge is 0.334 e. The molecule has 0 aliphatic carbocycles. The average Bonchev–Trinajstić information content (AvgIpc) is 2.87. The van der Waals surface area contributed by atoms with Crippen molar-refractivity contribution in [3.8, 4) is 0 Å². The molecule has 1 saturated heterocycles. The molecule has 1 aliphatic rings. The molecule has 2 rings (SSSR count). The van der Waals surface area contributed by atoms with E-state index in [0.29, 0.717) is 6.54 Å². The zero-order chi connectivity index (χ0) is 15.6. The average molecular weight is 312 g/mol. The molecule has 1 aromatic heterocycles. The topological polar surface area (TPSA) is 79.7 Å². The Kier molecular flexibility index (Phi) is 4.63. The summed E-state index contributed by atoms with van der Waals surface area (Å²) in [6.45, 7) is 7.03. The van der Waals surface area contributed by atoms with Gasteiger partial charge in [-0.25, -0.2) is 9.78 Å². The highest BCUT2D eigenvalue weighted by atomic mass is 32.1. The van der Waals surface area contributed by atoms with Crippen molar-refractivity contribution in [3.05, 3.63) is 16.1 Å². The van der Waals surface area contributed by atoms with E-state index in [4.69, 9.17) is 9.84 Å². The minimum absolute atomic E-state index is 0.0284. The minimum atomic E-state index is -1.03. The van der Waals surface area contributed by atoms with E-state index in [0.717, 1.165) is 10.7 Å². The lowest BCUT2D eigenvalue weighted by molar-refractivity contribution is -0.159. The van der Waals surface area contributed by atoms with Crippen molar-refractivity contribution in [1.82, 2.24) is 9.88 Å². The van der Waals surface area contributed by atoms with Crippen LogP contribution in [0.3, 0.4) is 0 Å². The SMILES string of the molecule is CC(C)(C)c1nc(CC(=O)N2CCOC(C(=O)O)C2)cs1. The molecule has 1 fully saturated rings. The van der Waals surface area contributed by atoms with Gasteiger partial charge >= 0.3 is 5.97 Å². The van der Waals surface area contributed by atoms with Crippen LogP contribution in [-0.4, -0.2) is 52.7 Å². The Morgan fingerprint density at radius 3 is 2.81 bits per heavy atom. The van der Waals surface area contributed by atoms with Gasteiger partial charge in [-0.2, -0.15) is 0 Å². The van der Waals surface area contributed by atoms with Crippen LogP contribution >= 0.6 is 11.3 Å². The Bertz CT molecular complexity index is 535. The number of ether oxygens (including phenoxy) is 1. The molecule has 0 aromatic carbocycles. The third kappa shape index (κ3) is 4.01. The zero-order valence-electron chi connectivity index (χ0n) is 12.5. The number of thiazole rings is 1. The van der Waals surface area contributed by atoms with Crippen LogP contribution in [0.1, 0.15) is 31.5 Å². The van der Waals surface area contributed by atoms with E-state index in [9.17, 15) is 9.59 Å². The van der Waals surface area contributed by atoms with Gasteiger partial charge < -0.3 is 14.7 Å². The summed E-state index contributed by atoms with van der Waals surface area (Å²) >= 11 is 1.55. The molecular weight excluding hydrogens is 292 g/mol. The summed E-state index contributed by atoms with van der Waals surface area (Å²) < 4.78 is 5.11. The number of aliphatic carboxylic acids is 1.